The fourth-order valence-electron chi connectivity index (χ4n) is 5.47. The van der Waals surface area contributed by atoms with Gasteiger partial charge in [-0.15, -0.1) is 0 Å². The molecule has 0 radical (unpaired) electrons. The predicted molar refractivity (Wildman–Crippen MR) is 138 cm³/mol. The van der Waals surface area contributed by atoms with Crippen LogP contribution in [0.5, 0.6) is 0 Å². The van der Waals surface area contributed by atoms with Crippen molar-refractivity contribution in [2.75, 3.05) is 5.32 Å². The number of halogens is 2. The molecule has 2 aliphatic carbocycles. The van der Waals surface area contributed by atoms with Crippen LogP contribution in [0.4, 0.5) is 10.1 Å². The maximum atomic E-state index is 14.7. The van der Waals surface area contributed by atoms with Gasteiger partial charge in [0.1, 0.15) is 11.3 Å². The van der Waals surface area contributed by atoms with E-state index in [0.29, 0.717) is 27.6 Å². The minimum absolute atomic E-state index is 0.0873. The number of carbonyl (C=O) groups excluding carboxylic acids is 1. The van der Waals surface area contributed by atoms with Crippen LogP contribution in [-0.4, -0.2) is 26.1 Å². The van der Waals surface area contributed by atoms with Gasteiger partial charge in [-0.05, 0) is 103 Å². The number of amides is 1. The highest BCUT2D eigenvalue weighted by molar-refractivity contribution is 9.10. The third kappa shape index (κ3) is 4.18. The molecule has 180 valence electrons. The maximum absolute atomic E-state index is 14.7. The topological polar surface area (TPSA) is 86.5 Å². The number of nitrogens with one attached hydrogen (secondary N) is 3. The number of H-pyrrole nitrogens is 2. The summed E-state index contributed by atoms with van der Waals surface area (Å²) >= 11 is 3.25. The molecule has 1 atom stereocenters. The molecule has 8 heteroatoms. The Labute approximate surface area is 211 Å². The second kappa shape index (κ2) is 8.59. The van der Waals surface area contributed by atoms with E-state index in [0.717, 1.165) is 53.9 Å². The molecule has 2 aromatic carbocycles. The van der Waals surface area contributed by atoms with Gasteiger partial charge in [0, 0.05) is 16.9 Å². The van der Waals surface area contributed by atoms with Gasteiger partial charge in [-0.25, -0.2) is 9.37 Å². The van der Waals surface area contributed by atoms with E-state index in [2.05, 4.69) is 41.4 Å². The first-order chi connectivity index (χ1) is 16.9. The number of aryl methyl sites for hydroxylation is 2. The van der Waals surface area contributed by atoms with Crippen molar-refractivity contribution in [3.8, 4) is 11.1 Å². The molecule has 2 heterocycles. The standard InChI is InChI=1S/C27H27BrFN5O/c1-13-21(14(2)34-33-13)15-7-9-18(10-8-15)30-27(35)23(22(16-3-4-16)17-5-6-17)26-31-20-12-11-19(28)24(29)25(20)32-26/h7-12,16-17,22-23H,3-6H2,1-2H3,(H,30,35)(H,31,32)(H,33,34). The first kappa shape index (κ1) is 22.5. The lowest BCUT2D eigenvalue weighted by molar-refractivity contribution is -0.119. The van der Waals surface area contributed by atoms with Gasteiger partial charge in [0.2, 0.25) is 5.91 Å². The molecule has 4 aromatic rings. The number of carbonyl (C=O) groups is 1. The fourth-order valence-corrected chi connectivity index (χ4v) is 5.79. The molecule has 1 unspecified atom stereocenters. The minimum Gasteiger partial charge on any atom is -0.341 e. The van der Waals surface area contributed by atoms with Gasteiger partial charge in [0.05, 0.1) is 21.6 Å². The average Bonchev–Trinajstić information content (AvgIpc) is 3.77. The lowest BCUT2D eigenvalue weighted by Crippen LogP contribution is -2.31. The van der Waals surface area contributed by atoms with Gasteiger partial charge < -0.3 is 10.3 Å². The summed E-state index contributed by atoms with van der Waals surface area (Å²) in [4.78, 5) is 21.7. The van der Waals surface area contributed by atoms with Gasteiger partial charge in [-0.3, -0.25) is 9.89 Å². The Morgan fingerprint density at radius 3 is 2.37 bits per heavy atom. The van der Waals surface area contributed by atoms with Crippen LogP contribution in [0.2, 0.25) is 0 Å². The summed E-state index contributed by atoms with van der Waals surface area (Å²) in [6.45, 7) is 3.98. The van der Waals surface area contributed by atoms with Crippen LogP contribution < -0.4 is 5.32 Å². The van der Waals surface area contributed by atoms with E-state index < -0.39 is 11.7 Å². The highest BCUT2D eigenvalue weighted by Gasteiger charge is 2.49. The number of imidazole rings is 1. The molecule has 6 nitrogen and oxygen atoms in total. The zero-order valence-electron chi connectivity index (χ0n) is 19.7. The first-order valence-electron chi connectivity index (χ1n) is 12.2. The van der Waals surface area contributed by atoms with E-state index in [1.807, 2.05) is 38.1 Å². The number of benzene rings is 2. The quantitative estimate of drug-likeness (QED) is 0.248. The number of hydrogen-bond acceptors (Lipinski definition) is 3. The monoisotopic (exact) mass is 535 g/mol. The molecule has 0 saturated heterocycles. The lowest BCUT2D eigenvalue weighted by Gasteiger charge is -2.25. The van der Waals surface area contributed by atoms with Gasteiger partial charge in [0.15, 0.2) is 5.82 Å². The van der Waals surface area contributed by atoms with E-state index in [4.69, 9.17) is 0 Å². The van der Waals surface area contributed by atoms with Crippen LogP contribution in [0, 0.1) is 37.4 Å². The van der Waals surface area contributed by atoms with Crippen LogP contribution in [0.1, 0.15) is 48.8 Å². The molecule has 2 fully saturated rings. The molecule has 2 aromatic heterocycles. The molecular formula is C27H27BrFN5O. The van der Waals surface area contributed by atoms with Crippen molar-refractivity contribution in [2.24, 2.45) is 17.8 Å². The Morgan fingerprint density at radius 1 is 1.09 bits per heavy atom. The maximum Gasteiger partial charge on any atom is 0.235 e. The number of aromatic amines is 2. The van der Waals surface area contributed by atoms with Crippen LogP contribution >= 0.6 is 15.9 Å². The summed E-state index contributed by atoms with van der Waals surface area (Å²) in [6.07, 6.45) is 4.57. The largest absolute Gasteiger partial charge is 0.341 e. The zero-order chi connectivity index (χ0) is 24.3. The Kier molecular flexibility index (Phi) is 5.51. The normalized spacial score (nSPS) is 16.7. The smallest absolute Gasteiger partial charge is 0.235 e. The summed E-state index contributed by atoms with van der Waals surface area (Å²) in [7, 11) is 0. The Morgan fingerprint density at radius 2 is 1.77 bits per heavy atom. The molecule has 6 rings (SSSR count). The minimum atomic E-state index is -0.446. The van der Waals surface area contributed by atoms with E-state index in [1.54, 1.807) is 12.1 Å². The molecule has 3 N–H and O–H groups in total. The summed E-state index contributed by atoms with van der Waals surface area (Å²) in [5.74, 6) is 0.889. The number of rotatable bonds is 7. The fraction of sp³-hybridized carbons (Fsp3) is 0.370. The van der Waals surface area contributed by atoms with Gasteiger partial charge in [0.25, 0.3) is 0 Å². The van der Waals surface area contributed by atoms with Crippen LogP contribution in [-0.2, 0) is 4.79 Å². The van der Waals surface area contributed by atoms with Gasteiger partial charge in [-0.2, -0.15) is 5.10 Å². The summed E-state index contributed by atoms with van der Waals surface area (Å²) in [6, 6.07) is 11.3. The van der Waals surface area contributed by atoms with E-state index in [9.17, 15) is 9.18 Å². The average molecular weight is 536 g/mol. The van der Waals surface area contributed by atoms with Crippen LogP contribution in [0.15, 0.2) is 40.9 Å². The number of hydrogen-bond donors (Lipinski definition) is 3. The molecule has 0 aliphatic heterocycles. The van der Waals surface area contributed by atoms with Crippen LogP contribution in [0.3, 0.4) is 0 Å². The summed E-state index contributed by atoms with van der Waals surface area (Å²) in [5, 5.41) is 10.4. The number of anilines is 1. The van der Waals surface area contributed by atoms with Gasteiger partial charge in [-0.1, -0.05) is 12.1 Å². The molecular weight excluding hydrogens is 509 g/mol. The number of fused-ring (bicyclic) bond motifs is 1. The third-order valence-corrected chi connectivity index (χ3v) is 8.04. The Bertz CT molecular complexity index is 1390. The lowest BCUT2D eigenvalue weighted by atomic mass is 9.82. The molecule has 1 amide bonds. The first-order valence-corrected chi connectivity index (χ1v) is 13.0. The van der Waals surface area contributed by atoms with Crippen molar-refractivity contribution in [1.29, 1.82) is 0 Å². The molecule has 2 saturated carbocycles. The summed E-state index contributed by atoms with van der Waals surface area (Å²) in [5.41, 5.74) is 5.71. The third-order valence-electron chi connectivity index (χ3n) is 7.43. The molecule has 35 heavy (non-hydrogen) atoms. The Hall–Kier alpha value is -3.00. The molecule has 2 aliphatic rings. The predicted octanol–water partition coefficient (Wildman–Crippen LogP) is 6.63. The van der Waals surface area contributed by atoms with E-state index >= 15 is 0 Å². The number of nitrogens with zero attached hydrogens (tertiary/aromatic N) is 2. The Balaban J connectivity index is 1.32. The van der Waals surface area contributed by atoms with E-state index in [-0.39, 0.29) is 17.3 Å². The van der Waals surface area contributed by atoms with Crippen molar-refractivity contribution in [3.63, 3.8) is 0 Å². The van der Waals surface area contributed by atoms with E-state index in [1.165, 1.54) is 0 Å². The second-order valence-electron chi connectivity index (χ2n) is 9.99. The zero-order valence-corrected chi connectivity index (χ0v) is 21.2. The van der Waals surface area contributed by atoms with Crippen molar-refractivity contribution >= 4 is 38.6 Å². The van der Waals surface area contributed by atoms with Crippen molar-refractivity contribution < 1.29 is 9.18 Å². The second-order valence-corrected chi connectivity index (χ2v) is 10.8. The number of aromatic nitrogens is 4. The van der Waals surface area contributed by atoms with Crippen molar-refractivity contribution in [2.45, 2.75) is 45.4 Å². The molecule has 0 spiro atoms. The SMILES string of the molecule is Cc1n[nH]c(C)c1-c1ccc(NC(=O)C(c2nc3c(F)c(Br)ccc3[nH]2)C(C2CC2)C2CC2)cc1. The molecule has 0 bridgehead atoms. The van der Waals surface area contributed by atoms with Crippen molar-refractivity contribution in [3.05, 3.63) is 63.9 Å². The van der Waals surface area contributed by atoms with Crippen LogP contribution in [0.25, 0.3) is 22.2 Å². The van der Waals surface area contributed by atoms with Gasteiger partial charge >= 0.3 is 0 Å². The van der Waals surface area contributed by atoms with Crippen molar-refractivity contribution in [1.82, 2.24) is 20.2 Å². The highest BCUT2D eigenvalue weighted by atomic mass is 79.9. The highest BCUT2D eigenvalue weighted by Crippen LogP contribution is 2.55. The summed E-state index contributed by atoms with van der Waals surface area (Å²) < 4.78 is 15.1.